The number of benzene rings is 1. The molecule has 2 saturated heterocycles. The van der Waals surface area contributed by atoms with Crippen LogP contribution in [0.2, 0.25) is 0 Å². The van der Waals surface area contributed by atoms with E-state index >= 15 is 0 Å². The maximum absolute atomic E-state index is 12.3. The molecule has 3 nitrogen and oxygen atoms in total. The van der Waals surface area contributed by atoms with E-state index < -0.39 is 5.60 Å². The molecule has 1 aromatic carbocycles. The van der Waals surface area contributed by atoms with Crippen LogP contribution in [-0.4, -0.2) is 21.6 Å². The van der Waals surface area contributed by atoms with Gasteiger partial charge in [-0.15, -0.1) is 0 Å². The highest BCUT2D eigenvalue weighted by atomic mass is 32.2. The number of thioether (sulfide) groups is 1. The third-order valence-electron chi connectivity index (χ3n) is 4.17. The lowest BCUT2D eigenvalue weighted by Gasteiger charge is -2.20. The van der Waals surface area contributed by atoms with Gasteiger partial charge in [-0.05, 0) is 50.8 Å². The van der Waals surface area contributed by atoms with E-state index in [9.17, 15) is 9.90 Å². The van der Waals surface area contributed by atoms with Crippen molar-refractivity contribution in [2.45, 2.75) is 49.2 Å². The molecule has 2 heterocycles. The van der Waals surface area contributed by atoms with Gasteiger partial charge in [-0.2, -0.15) is 11.8 Å². The fourth-order valence-corrected chi connectivity index (χ4v) is 4.79. The molecule has 0 radical (unpaired) electrons. The van der Waals surface area contributed by atoms with Crippen molar-refractivity contribution in [1.29, 1.82) is 0 Å². The highest BCUT2D eigenvalue weighted by Crippen LogP contribution is 2.49. The van der Waals surface area contributed by atoms with Crippen LogP contribution in [0.3, 0.4) is 0 Å². The fraction of sp³-hybridized carbons (Fsp3) is 0.562. The Morgan fingerprint density at radius 3 is 2.80 bits per heavy atom. The first-order chi connectivity index (χ1) is 9.43. The van der Waals surface area contributed by atoms with E-state index in [1.54, 1.807) is 26.0 Å². The van der Waals surface area contributed by atoms with Gasteiger partial charge in [-0.3, -0.25) is 4.79 Å². The van der Waals surface area contributed by atoms with E-state index in [0.717, 1.165) is 18.4 Å². The van der Waals surface area contributed by atoms with Crippen LogP contribution < -0.4 is 4.74 Å². The zero-order valence-electron chi connectivity index (χ0n) is 11.8. The van der Waals surface area contributed by atoms with Gasteiger partial charge in [0, 0.05) is 10.5 Å². The third-order valence-corrected chi connectivity index (χ3v) is 5.89. The molecule has 0 aliphatic carbocycles. The second kappa shape index (κ2) is 5.08. The largest absolute Gasteiger partial charge is 0.426 e. The van der Waals surface area contributed by atoms with Crippen molar-refractivity contribution >= 4 is 17.7 Å². The molecule has 1 N–H and O–H groups in total. The molecule has 2 fully saturated rings. The van der Waals surface area contributed by atoms with E-state index in [0.29, 0.717) is 16.2 Å². The smallest absolute Gasteiger partial charge is 0.315 e. The predicted molar refractivity (Wildman–Crippen MR) is 79.8 cm³/mol. The summed E-state index contributed by atoms with van der Waals surface area (Å²) in [4.78, 5) is 12.3. The SMILES string of the molecule is CC(C)(O)c1cccc(OC(=O)C2CC3CCC2S3)c1. The standard InChI is InChI=1S/C16H20O3S/c1-16(2,18)10-4-3-5-11(8-10)19-15(17)13-9-12-6-7-14(13)20-12/h3-5,8,12-14,18H,6-7,9H2,1-2H3. The summed E-state index contributed by atoms with van der Waals surface area (Å²) >= 11 is 1.95. The second-order valence-electron chi connectivity index (χ2n) is 6.22. The number of esters is 1. The van der Waals surface area contributed by atoms with E-state index in [-0.39, 0.29) is 11.9 Å². The number of carbonyl (C=O) groups is 1. The Bertz CT molecular complexity index is 521. The highest BCUT2D eigenvalue weighted by molar-refractivity contribution is 8.01. The summed E-state index contributed by atoms with van der Waals surface area (Å²) in [5, 5.41) is 11.1. The van der Waals surface area contributed by atoms with Crippen molar-refractivity contribution in [2.24, 2.45) is 5.92 Å². The minimum atomic E-state index is -0.926. The van der Waals surface area contributed by atoms with Gasteiger partial charge in [0.05, 0.1) is 11.5 Å². The molecular weight excluding hydrogens is 272 g/mol. The molecule has 20 heavy (non-hydrogen) atoms. The summed E-state index contributed by atoms with van der Waals surface area (Å²) in [7, 11) is 0. The van der Waals surface area contributed by atoms with Gasteiger partial charge in [0.25, 0.3) is 0 Å². The first-order valence-electron chi connectivity index (χ1n) is 7.13. The molecule has 3 unspecified atom stereocenters. The minimum Gasteiger partial charge on any atom is -0.426 e. The van der Waals surface area contributed by atoms with E-state index in [2.05, 4.69) is 0 Å². The molecule has 2 aliphatic heterocycles. The van der Waals surface area contributed by atoms with Crippen molar-refractivity contribution in [3.05, 3.63) is 29.8 Å². The summed E-state index contributed by atoms with van der Waals surface area (Å²) in [6.07, 6.45) is 3.34. The lowest BCUT2D eigenvalue weighted by molar-refractivity contribution is -0.139. The molecule has 0 amide bonds. The fourth-order valence-electron chi connectivity index (χ4n) is 3.02. The van der Waals surface area contributed by atoms with E-state index in [1.807, 2.05) is 23.9 Å². The summed E-state index contributed by atoms with van der Waals surface area (Å²) in [5.74, 6) is 0.463. The van der Waals surface area contributed by atoms with Crippen molar-refractivity contribution in [3.63, 3.8) is 0 Å². The highest BCUT2D eigenvalue weighted by Gasteiger charge is 2.44. The molecule has 3 atom stereocenters. The van der Waals surface area contributed by atoms with Gasteiger partial charge in [-0.25, -0.2) is 0 Å². The Labute approximate surface area is 123 Å². The molecule has 0 spiro atoms. The first-order valence-corrected chi connectivity index (χ1v) is 8.08. The predicted octanol–water partition coefficient (Wildman–Crippen LogP) is 3.10. The maximum Gasteiger partial charge on any atom is 0.315 e. The number of rotatable bonds is 3. The summed E-state index contributed by atoms with van der Waals surface area (Å²) in [5.41, 5.74) is -0.171. The second-order valence-corrected chi connectivity index (χ2v) is 7.77. The molecule has 108 valence electrons. The monoisotopic (exact) mass is 292 g/mol. The van der Waals surface area contributed by atoms with Crippen LogP contribution in [0.25, 0.3) is 0 Å². The van der Waals surface area contributed by atoms with Crippen LogP contribution in [0.15, 0.2) is 24.3 Å². The number of hydrogen-bond acceptors (Lipinski definition) is 4. The molecule has 0 saturated carbocycles. The van der Waals surface area contributed by atoms with Crippen LogP contribution in [0.4, 0.5) is 0 Å². The average Bonchev–Trinajstić information content (AvgIpc) is 3.00. The Balaban J connectivity index is 1.70. The van der Waals surface area contributed by atoms with Gasteiger partial charge in [-0.1, -0.05) is 12.1 Å². The minimum absolute atomic E-state index is 0.0459. The van der Waals surface area contributed by atoms with Gasteiger partial charge in [0.1, 0.15) is 5.75 Å². The van der Waals surface area contributed by atoms with Crippen LogP contribution in [0.1, 0.15) is 38.7 Å². The summed E-state index contributed by atoms with van der Waals surface area (Å²) < 4.78 is 5.52. The normalized spacial score (nSPS) is 28.6. The third kappa shape index (κ3) is 2.72. The van der Waals surface area contributed by atoms with Crippen LogP contribution in [0, 0.1) is 5.92 Å². The summed E-state index contributed by atoms with van der Waals surface area (Å²) in [6.45, 7) is 3.45. The maximum atomic E-state index is 12.3. The molecule has 1 aromatic rings. The Morgan fingerprint density at radius 2 is 2.20 bits per heavy atom. The molecule has 2 bridgehead atoms. The number of ether oxygens (including phenoxy) is 1. The van der Waals surface area contributed by atoms with E-state index in [1.165, 1.54) is 6.42 Å². The van der Waals surface area contributed by atoms with Gasteiger partial charge in [0.15, 0.2) is 0 Å². The summed E-state index contributed by atoms with van der Waals surface area (Å²) in [6, 6.07) is 7.17. The number of fused-ring (bicyclic) bond motifs is 2. The van der Waals surface area contributed by atoms with Gasteiger partial charge >= 0.3 is 5.97 Å². The molecule has 2 aliphatic rings. The lowest BCUT2D eigenvalue weighted by Crippen LogP contribution is -2.28. The van der Waals surface area contributed by atoms with Gasteiger partial charge < -0.3 is 9.84 Å². The topological polar surface area (TPSA) is 46.5 Å². The van der Waals surface area contributed by atoms with Crippen LogP contribution in [-0.2, 0) is 10.4 Å². The van der Waals surface area contributed by atoms with E-state index in [4.69, 9.17) is 4.74 Å². The van der Waals surface area contributed by atoms with Crippen molar-refractivity contribution < 1.29 is 14.6 Å². The van der Waals surface area contributed by atoms with Crippen molar-refractivity contribution in [1.82, 2.24) is 0 Å². The zero-order valence-corrected chi connectivity index (χ0v) is 12.7. The lowest BCUT2D eigenvalue weighted by atomic mass is 9.89. The zero-order chi connectivity index (χ0) is 14.3. The van der Waals surface area contributed by atoms with Gasteiger partial charge in [0.2, 0.25) is 0 Å². The van der Waals surface area contributed by atoms with Crippen molar-refractivity contribution in [3.8, 4) is 5.75 Å². The Hall–Kier alpha value is -1.00. The first kappa shape index (κ1) is 14.0. The molecular formula is C16H20O3S. The van der Waals surface area contributed by atoms with Crippen molar-refractivity contribution in [2.75, 3.05) is 0 Å². The Morgan fingerprint density at radius 1 is 1.40 bits per heavy atom. The number of hydrogen-bond donors (Lipinski definition) is 1. The Kier molecular flexibility index (Phi) is 3.55. The van der Waals surface area contributed by atoms with Crippen LogP contribution in [0.5, 0.6) is 5.75 Å². The average molecular weight is 292 g/mol. The van der Waals surface area contributed by atoms with Crippen LogP contribution >= 0.6 is 11.8 Å². The molecule has 0 aromatic heterocycles. The molecule has 4 heteroatoms. The molecule has 3 rings (SSSR count). The number of aliphatic hydroxyl groups is 1. The quantitative estimate of drug-likeness (QED) is 0.687. The number of carbonyl (C=O) groups excluding carboxylic acids is 1.